The number of nitrogens with one attached hydrogen (secondary N) is 1. The highest BCUT2D eigenvalue weighted by Crippen LogP contribution is 2.16. The molecule has 0 atom stereocenters. The molecular formula is C10H6FN5S. The van der Waals surface area contributed by atoms with Crippen LogP contribution in [-0.2, 0) is 0 Å². The number of halogens is 1. The summed E-state index contributed by atoms with van der Waals surface area (Å²) in [5, 5.41) is 10.7. The largest absolute Gasteiger partial charge is 0.270 e. The zero-order valence-corrected chi connectivity index (χ0v) is 9.28. The van der Waals surface area contributed by atoms with E-state index >= 15 is 0 Å². The van der Waals surface area contributed by atoms with Crippen LogP contribution >= 0.6 is 12.2 Å². The van der Waals surface area contributed by atoms with Gasteiger partial charge < -0.3 is 0 Å². The second-order valence-corrected chi connectivity index (χ2v) is 3.78. The van der Waals surface area contributed by atoms with Gasteiger partial charge in [-0.3, -0.25) is 0 Å². The third-order valence-corrected chi connectivity index (χ3v) is 2.53. The Labute approximate surface area is 99.9 Å². The first kappa shape index (κ1) is 10.0. The molecule has 0 saturated carbocycles. The van der Waals surface area contributed by atoms with E-state index in [0.717, 1.165) is 0 Å². The number of nitrogens with zero attached hydrogens (tertiary/aromatic N) is 4. The average Bonchev–Trinajstić information content (AvgIpc) is 2.71. The second-order valence-electron chi connectivity index (χ2n) is 3.39. The zero-order chi connectivity index (χ0) is 11.8. The number of hydrogen-bond acceptors (Lipinski definition) is 4. The summed E-state index contributed by atoms with van der Waals surface area (Å²) in [4.78, 5) is 4.08. The third-order valence-electron chi connectivity index (χ3n) is 2.26. The van der Waals surface area contributed by atoms with Crippen molar-refractivity contribution in [2.75, 3.05) is 0 Å². The molecule has 0 aliphatic heterocycles. The van der Waals surface area contributed by atoms with Crippen molar-refractivity contribution in [2.24, 2.45) is 0 Å². The van der Waals surface area contributed by atoms with E-state index < -0.39 is 0 Å². The lowest BCUT2D eigenvalue weighted by Gasteiger charge is -2.00. The molecule has 2 heterocycles. The van der Waals surface area contributed by atoms with E-state index in [9.17, 15) is 4.39 Å². The Hall–Kier alpha value is -2.15. The molecule has 3 aromatic rings. The monoisotopic (exact) mass is 247 g/mol. The molecule has 2 aromatic heterocycles. The summed E-state index contributed by atoms with van der Waals surface area (Å²) in [6.45, 7) is 0. The van der Waals surface area contributed by atoms with Crippen LogP contribution < -0.4 is 0 Å². The maximum absolute atomic E-state index is 13.1. The number of H-pyrrole nitrogens is 1. The Morgan fingerprint density at radius 3 is 3.06 bits per heavy atom. The second kappa shape index (κ2) is 3.70. The van der Waals surface area contributed by atoms with Crippen molar-refractivity contribution in [1.29, 1.82) is 0 Å². The zero-order valence-electron chi connectivity index (χ0n) is 8.46. The molecule has 17 heavy (non-hydrogen) atoms. The fourth-order valence-electron chi connectivity index (χ4n) is 1.49. The van der Waals surface area contributed by atoms with Gasteiger partial charge in [-0.05, 0) is 24.4 Å². The lowest BCUT2D eigenvalue weighted by molar-refractivity contribution is 0.628. The highest BCUT2D eigenvalue weighted by molar-refractivity contribution is 7.71. The topological polar surface area (TPSA) is 58.9 Å². The lowest BCUT2D eigenvalue weighted by Crippen LogP contribution is -1.97. The van der Waals surface area contributed by atoms with Gasteiger partial charge in [-0.15, -0.1) is 5.10 Å². The van der Waals surface area contributed by atoms with Crippen LogP contribution in [0.3, 0.4) is 0 Å². The standard InChI is InChI=1S/C10H6FN5S/c11-7-3-1-2-6(4-7)8-5-12-9-13-14-10(17)16(9)15-8/h1-5H,(H,14,17). The Bertz CT molecular complexity index is 748. The first-order chi connectivity index (χ1) is 8.24. The van der Waals surface area contributed by atoms with E-state index in [1.807, 2.05) is 0 Å². The van der Waals surface area contributed by atoms with Gasteiger partial charge in [0.05, 0.1) is 6.20 Å². The summed E-state index contributed by atoms with van der Waals surface area (Å²) in [5.74, 6) is 0.0651. The van der Waals surface area contributed by atoms with Crippen molar-refractivity contribution in [3.05, 3.63) is 41.1 Å². The van der Waals surface area contributed by atoms with Gasteiger partial charge in [-0.2, -0.15) is 9.61 Å². The normalized spacial score (nSPS) is 10.9. The van der Waals surface area contributed by atoms with Gasteiger partial charge in [0.15, 0.2) is 0 Å². The van der Waals surface area contributed by atoms with Crippen LogP contribution in [0.4, 0.5) is 4.39 Å². The number of aromatic nitrogens is 5. The average molecular weight is 247 g/mol. The SMILES string of the molecule is Fc1cccc(-c2cnc3n[nH]c(=S)n3n2)c1. The number of rotatable bonds is 1. The highest BCUT2D eigenvalue weighted by Gasteiger charge is 2.05. The van der Waals surface area contributed by atoms with Gasteiger partial charge in [0.1, 0.15) is 11.5 Å². The van der Waals surface area contributed by atoms with E-state index in [2.05, 4.69) is 20.3 Å². The minimum atomic E-state index is -0.319. The quantitative estimate of drug-likeness (QED) is 0.668. The summed E-state index contributed by atoms with van der Waals surface area (Å²) >= 11 is 4.99. The van der Waals surface area contributed by atoms with E-state index in [-0.39, 0.29) is 5.82 Å². The van der Waals surface area contributed by atoms with Crippen molar-refractivity contribution < 1.29 is 4.39 Å². The van der Waals surface area contributed by atoms with Crippen LogP contribution in [0.1, 0.15) is 0 Å². The molecule has 0 aliphatic rings. The van der Waals surface area contributed by atoms with E-state index in [1.165, 1.54) is 22.8 Å². The van der Waals surface area contributed by atoms with Crippen molar-refractivity contribution in [2.45, 2.75) is 0 Å². The maximum atomic E-state index is 13.1. The molecule has 0 bridgehead atoms. The van der Waals surface area contributed by atoms with Crippen LogP contribution in [-0.4, -0.2) is 24.8 Å². The number of fused-ring (bicyclic) bond motifs is 1. The molecule has 84 valence electrons. The third kappa shape index (κ3) is 1.70. The van der Waals surface area contributed by atoms with Crippen molar-refractivity contribution in [3.8, 4) is 11.3 Å². The smallest absolute Gasteiger partial charge is 0.248 e. The molecular weight excluding hydrogens is 241 g/mol. The Morgan fingerprint density at radius 1 is 1.35 bits per heavy atom. The minimum Gasteiger partial charge on any atom is -0.248 e. The van der Waals surface area contributed by atoms with Gasteiger partial charge in [0, 0.05) is 5.56 Å². The van der Waals surface area contributed by atoms with Crippen LogP contribution in [0.2, 0.25) is 0 Å². The summed E-state index contributed by atoms with van der Waals surface area (Å²) in [7, 11) is 0. The molecule has 5 nitrogen and oxygen atoms in total. The molecule has 0 fully saturated rings. The van der Waals surface area contributed by atoms with E-state index in [4.69, 9.17) is 12.2 Å². The summed E-state index contributed by atoms with van der Waals surface area (Å²) in [6.07, 6.45) is 1.53. The van der Waals surface area contributed by atoms with E-state index in [1.54, 1.807) is 12.1 Å². The molecule has 7 heteroatoms. The Balaban J connectivity index is 2.24. The summed E-state index contributed by atoms with van der Waals surface area (Å²) in [5.41, 5.74) is 1.18. The predicted octanol–water partition coefficient (Wildman–Crippen LogP) is 1.99. The van der Waals surface area contributed by atoms with Crippen LogP contribution in [0, 0.1) is 10.6 Å². The fourth-order valence-corrected chi connectivity index (χ4v) is 1.66. The molecule has 0 unspecified atom stereocenters. The Kier molecular flexibility index (Phi) is 2.19. The van der Waals surface area contributed by atoms with Gasteiger partial charge in [-0.25, -0.2) is 14.5 Å². The van der Waals surface area contributed by atoms with Crippen LogP contribution in [0.25, 0.3) is 17.0 Å². The first-order valence-corrected chi connectivity index (χ1v) is 5.21. The van der Waals surface area contributed by atoms with Crippen LogP contribution in [0.15, 0.2) is 30.5 Å². The molecule has 0 aliphatic carbocycles. The van der Waals surface area contributed by atoms with Gasteiger partial charge >= 0.3 is 0 Å². The van der Waals surface area contributed by atoms with Crippen molar-refractivity contribution in [3.63, 3.8) is 0 Å². The minimum absolute atomic E-state index is 0.319. The van der Waals surface area contributed by atoms with Gasteiger partial charge in [0.2, 0.25) is 4.77 Å². The van der Waals surface area contributed by atoms with E-state index in [0.29, 0.717) is 21.8 Å². The number of hydrogen-bond donors (Lipinski definition) is 1. The molecule has 1 aromatic carbocycles. The molecule has 0 radical (unpaired) electrons. The van der Waals surface area contributed by atoms with Crippen molar-refractivity contribution >= 4 is 18.0 Å². The predicted molar refractivity (Wildman–Crippen MR) is 61.4 cm³/mol. The number of aromatic amines is 1. The first-order valence-electron chi connectivity index (χ1n) is 4.80. The van der Waals surface area contributed by atoms with Crippen molar-refractivity contribution in [1.82, 2.24) is 24.8 Å². The molecule has 0 amide bonds. The summed E-state index contributed by atoms with van der Waals surface area (Å²) in [6, 6.07) is 6.13. The molecule has 0 saturated heterocycles. The molecule has 3 rings (SSSR count). The number of benzene rings is 1. The van der Waals surface area contributed by atoms with Crippen LogP contribution in [0.5, 0.6) is 0 Å². The molecule has 1 N–H and O–H groups in total. The Morgan fingerprint density at radius 2 is 2.24 bits per heavy atom. The maximum Gasteiger partial charge on any atom is 0.270 e. The van der Waals surface area contributed by atoms with Gasteiger partial charge in [0.25, 0.3) is 5.78 Å². The lowest BCUT2D eigenvalue weighted by atomic mass is 10.2. The highest BCUT2D eigenvalue weighted by atomic mass is 32.1. The summed E-state index contributed by atoms with van der Waals surface area (Å²) < 4.78 is 14.8. The molecule has 0 spiro atoms. The van der Waals surface area contributed by atoms with Gasteiger partial charge in [-0.1, -0.05) is 12.1 Å². The fraction of sp³-hybridized carbons (Fsp3) is 0.